The molecule has 1 heterocycles. The van der Waals surface area contributed by atoms with E-state index in [1.54, 1.807) is 12.1 Å². The highest BCUT2D eigenvalue weighted by molar-refractivity contribution is 5.90. The summed E-state index contributed by atoms with van der Waals surface area (Å²) < 4.78 is 13.1. The van der Waals surface area contributed by atoms with Crippen molar-refractivity contribution in [2.75, 3.05) is 38.0 Å². The van der Waals surface area contributed by atoms with Crippen molar-refractivity contribution in [3.05, 3.63) is 30.1 Å². The van der Waals surface area contributed by atoms with Crippen molar-refractivity contribution in [2.24, 2.45) is 11.7 Å². The van der Waals surface area contributed by atoms with Gasteiger partial charge in [0.2, 0.25) is 11.8 Å². The van der Waals surface area contributed by atoms with Gasteiger partial charge in [-0.1, -0.05) is 6.07 Å². The lowest BCUT2D eigenvalue weighted by atomic mass is 9.97. The molecule has 1 aromatic rings. The van der Waals surface area contributed by atoms with Gasteiger partial charge in [0.05, 0.1) is 5.92 Å². The summed E-state index contributed by atoms with van der Waals surface area (Å²) >= 11 is 0. The van der Waals surface area contributed by atoms with E-state index in [4.69, 9.17) is 5.73 Å². The maximum absolute atomic E-state index is 13.1. The average Bonchev–Trinajstić information content (AvgIpc) is 2.58. The zero-order valence-corrected chi connectivity index (χ0v) is 13.8. The Hall–Kier alpha value is -1.99. The zero-order chi connectivity index (χ0) is 17.4. The number of nitrogens with zero attached hydrogens (tertiary/aromatic N) is 1. The number of hydrogen-bond donors (Lipinski definition) is 3. The lowest BCUT2D eigenvalue weighted by Gasteiger charge is -2.31. The Bertz CT molecular complexity index is 567. The Morgan fingerprint density at radius 2 is 2.21 bits per heavy atom. The van der Waals surface area contributed by atoms with E-state index in [2.05, 4.69) is 15.5 Å². The molecule has 1 unspecified atom stereocenters. The molecule has 1 aliphatic rings. The van der Waals surface area contributed by atoms with E-state index in [0.717, 1.165) is 19.4 Å². The molecule has 1 saturated heterocycles. The molecule has 0 spiro atoms. The predicted octanol–water partition coefficient (Wildman–Crippen LogP) is 0.941. The summed E-state index contributed by atoms with van der Waals surface area (Å²) in [6, 6.07) is 5.83. The fourth-order valence-electron chi connectivity index (χ4n) is 2.86. The van der Waals surface area contributed by atoms with E-state index >= 15 is 0 Å². The quantitative estimate of drug-likeness (QED) is 0.692. The first-order valence-electron chi connectivity index (χ1n) is 8.34. The molecule has 1 aromatic carbocycles. The number of piperidine rings is 1. The SMILES string of the molecule is NCCNC(=O)C1CCCN(CCC(=O)Nc2cccc(F)c2)C1. The minimum atomic E-state index is -0.379. The van der Waals surface area contributed by atoms with Crippen LogP contribution in [0.2, 0.25) is 0 Å². The van der Waals surface area contributed by atoms with Gasteiger partial charge in [-0.15, -0.1) is 0 Å². The molecule has 0 radical (unpaired) electrons. The molecular weight excluding hydrogens is 311 g/mol. The van der Waals surface area contributed by atoms with Crippen LogP contribution in [0.3, 0.4) is 0 Å². The summed E-state index contributed by atoms with van der Waals surface area (Å²) in [6.45, 7) is 3.05. The second kappa shape index (κ2) is 9.34. The van der Waals surface area contributed by atoms with Gasteiger partial charge in [0.15, 0.2) is 0 Å². The third kappa shape index (κ3) is 5.90. The minimum absolute atomic E-state index is 0.0364. The Labute approximate surface area is 141 Å². The number of hydrogen-bond acceptors (Lipinski definition) is 4. The molecule has 1 aliphatic heterocycles. The monoisotopic (exact) mass is 336 g/mol. The maximum Gasteiger partial charge on any atom is 0.225 e. The van der Waals surface area contributed by atoms with Crippen molar-refractivity contribution < 1.29 is 14.0 Å². The van der Waals surface area contributed by atoms with Crippen LogP contribution in [0.5, 0.6) is 0 Å². The van der Waals surface area contributed by atoms with E-state index in [1.165, 1.54) is 12.1 Å². The number of nitrogens with one attached hydrogen (secondary N) is 2. The van der Waals surface area contributed by atoms with Crippen LogP contribution in [0.15, 0.2) is 24.3 Å². The van der Waals surface area contributed by atoms with Crippen molar-refractivity contribution >= 4 is 17.5 Å². The number of carbonyl (C=O) groups is 2. The number of likely N-dealkylation sites (tertiary alicyclic amines) is 1. The van der Waals surface area contributed by atoms with Crippen molar-refractivity contribution in [1.82, 2.24) is 10.2 Å². The number of nitrogens with two attached hydrogens (primary N) is 1. The molecule has 6 nitrogen and oxygen atoms in total. The molecule has 1 atom stereocenters. The second-order valence-electron chi connectivity index (χ2n) is 6.03. The standard InChI is InChI=1S/C17H25FN4O2/c18-14-4-1-5-15(11-14)21-16(23)6-10-22-9-2-3-13(12-22)17(24)20-8-7-19/h1,4-5,11,13H,2-3,6-10,12,19H2,(H,20,24)(H,21,23). The molecule has 2 rings (SSSR count). The van der Waals surface area contributed by atoms with Crippen LogP contribution in [0.25, 0.3) is 0 Å². The van der Waals surface area contributed by atoms with Gasteiger partial charge >= 0.3 is 0 Å². The molecular formula is C17H25FN4O2. The van der Waals surface area contributed by atoms with Crippen LogP contribution < -0.4 is 16.4 Å². The Balaban J connectivity index is 1.74. The number of benzene rings is 1. The van der Waals surface area contributed by atoms with Crippen LogP contribution in [0.1, 0.15) is 19.3 Å². The molecule has 2 amide bonds. The smallest absolute Gasteiger partial charge is 0.225 e. The van der Waals surface area contributed by atoms with Gasteiger partial charge in [-0.3, -0.25) is 9.59 Å². The van der Waals surface area contributed by atoms with E-state index in [9.17, 15) is 14.0 Å². The summed E-state index contributed by atoms with van der Waals surface area (Å²) in [4.78, 5) is 26.1. The first-order chi connectivity index (χ1) is 11.6. The van der Waals surface area contributed by atoms with Crippen molar-refractivity contribution in [3.8, 4) is 0 Å². The lowest BCUT2D eigenvalue weighted by Crippen LogP contribution is -2.44. The first-order valence-corrected chi connectivity index (χ1v) is 8.34. The summed E-state index contributed by atoms with van der Waals surface area (Å²) in [7, 11) is 0. The lowest BCUT2D eigenvalue weighted by molar-refractivity contribution is -0.126. The van der Waals surface area contributed by atoms with Gasteiger partial charge in [0, 0.05) is 38.3 Å². The molecule has 1 fully saturated rings. The van der Waals surface area contributed by atoms with Gasteiger partial charge in [-0.25, -0.2) is 4.39 Å². The number of amides is 2. The third-order valence-corrected chi connectivity index (χ3v) is 4.08. The van der Waals surface area contributed by atoms with Gasteiger partial charge < -0.3 is 21.3 Å². The molecule has 132 valence electrons. The van der Waals surface area contributed by atoms with E-state index < -0.39 is 0 Å². The number of halogens is 1. The largest absolute Gasteiger partial charge is 0.355 e. The Morgan fingerprint density at radius 1 is 1.38 bits per heavy atom. The van der Waals surface area contributed by atoms with E-state index in [0.29, 0.717) is 38.3 Å². The third-order valence-electron chi connectivity index (χ3n) is 4.08. The molecule has 0 aliphatic carbocycles. The molecule has 7 heteroatoms. The number of rotatable bonds is 7. The highest BCUT2D eigenvalue weighted by Crippen LogP contribution is 2.17. The first kappa shape index (κ1) is 18.4. The highest BCUT2D eigenvalue weighted by Gasteiger charge is 2.25. The van der Waals surface area contributed by atoms with Crippen LogP contribution in [-0.4, -0.2) is 49.4 Å². The van der Waals surface area contributed by atoms with Crippen LogP contribution in [0, 0.1) is 11.7 Å². The van der Waals surface area contributed by atoms with Crippen LogP contribution in [0.4, 0.5) is 10.1 Å². The summed E-state index contributed by atoms with van der Waals surface area (Å²) in [5.41, 5.74) is 5.85. The van der Waals surface area contributed by atoms with Gasteiger partial charge in [-0.05, 0) is 37.6 Å². The van der Waals surface area contributed by atoms with Crippen molar-refractivity contribution in [3.63, 3.8) is 0 Å². The topological polar surface area (TPSA) is 87.5 Å². The molecule has 0 aromatic heterocycles. The Kier molecular flexibility index (Phi) is 7.14. The average molecular weight is 336 g/mol. The molecule has 0 saturated carbocycles. The fourth-order valence-corrected chi connectivity index (χ4v) is 2.86. The van der Waals surface area contributed by atoms with Crippen molar-refractivity contribution in [1.29, 1.82) is 0 Å². The minimum Gasteiger partial charge on any atom is -0.355 e. The second-order valence-corrected chi connectivity index (χ2v) is 6.03. The van der Waals surface area contributed by atoms with Gasteiger partial charge in [0.1, 0.15) is 5.82 Å². The molecule has 0 bridgehead atoms. The van der Waals surface area contributed by atoms with Crippen molar-refractivity contribution in [2.45, 2.75) is 19.3 Å². The van der Waals surface area contributed by atoms with E-state index in [-0.39, 0.29) is 23.5 Å². The molecule has 4 N–H and O–H groups in total. The fraction of sp³-hybridized carbons (Fsp3) is 0.529. The maximum atomic E-state index is 13.1. The summed E-state index contributed by atoms with van der Waals surface area (Å²) in [6.07, 6.45) is 2.11. The van der Waals surface area contributed by atoms with Gasteiger partial charge in [0.25, 0.3) is 0 Å². The molecule has 24 heavy (non-hydrogen) atoms. The predicted molar refractivity (Wildman–Crippen MR) is 90.9 cm³/mol. The normalized spacial score (nSPS) is 18.2. The summed E-state index contributed by atoms with van der Waals surface area (Å²) in [5.74, 6) is -0.545. The van der Waals surface area contributed by atoms with E-state index in [1.807, 2.05) is 0 Å². The summed E-state index contributed by atoms with van der Waals surface area (Å²) in [5, 5.41) is 5.51. The van der Waals surface area contributed by atoms with Gasteiger partial charge in [-0.2, -0.15) is 0 Å². The van der Waals surface area contributed by atoms with Crippen LogP contribution in [-0.2, 0) is 9.59 Å². The number of carbonyl (C=O) groups excluding carboxylic acids is 2. The highest BCUT2D eigenvalue weighted by atomic mass is 19.1. The zero-order valence-electron chi connectivity index (χ0n) is 13.8. The Morgan fingerprint density at radius 3 is 2.96 bits per heavy atom. The van der Waals surface area contributed by atoms with Crippen LogP contribution >= 0.6 is 0 Å². The number of anilines is 1.